The summed E-state index contributed by atoms with van der Waals surface area (Å²) in [5.41, 5.74) is 1.35. The van der Waals surface area contributed by atoms with Crippen LogP contribution in [0.15, 0.2) is 28.7 Å². The van der Waals surface area contributed by atoms with Gasteiger partial charge in [-0.15, -0.1) is 0 Å². The highest BCUT2D eigenvalue weighted by molar-refractivity contribution is 9.10. The Hall–Kier alpha value is -0.340. The summed E-state index contributed by atoms with van der Waals surface area (Å²) >= 11 is 3.57. The van der Waals surface area contributed by atoms with Crippen molar-refractivity contribution in [3.8, 4) is 0 Å². The zero-order valence-corrected chi connectivity index (χ0v) is 9.76. The van der Waals surface area contributed by atoms with Gasteiger partial charge in [0.1, 0.15) is 0 Å². The van der Waals surface area contributed by atoms with Gasteiger partial charge in [-0.25, -0.2) is 0 Å². The van der Waals surface area contributed by atoms with Crippen LogP contribution >= 0.6 is 15.9 Å². The molecule has 0 bridgehead atoms. The molecule has 13 heavy (non-hydrogen) atoms. The van der Waals surface area contributed by atoms with E-state index in [-0.39, 0.29) is 0 Å². The lowest BCUT2D eigenvalue weighted by atomic mass is 10.0. The van der Waals surface area contributed by atoms with Gasteiger partial charge >= 0.3 is 0 Å². The third-order valence-corrected chi connectivity index (χ3v) is 2.93. The average molecular weight is 242 g/mol. The van der Waals surface area contributed by atoms with E-state index in [1.54, 1.807) is 0 Å². The van der Waals surface area contributed by atoms with Crippen LogP contribution in [0.1, 0.15) is 31.4 Å². The Labute approximate surface area is 88.7 Å². The fraction of sp³-hybridized carbons (Fsp3) is 0.455. The van der Waals surface area contributed by atoms with E-state index in [1.807, 2.05) is 13.1 Å². The normalized spacial score (nSPS) is 12.8. The van der Waals surface area contributed by atoms with Gasteiger partial charge in [-0.05, 0) is 25.1 Å². The molecule has 0 saturated carbocycles. The van der Waals surface area contributed by atoms with Gasteiger partial charge in [0.05, 0.1) is 0 Å². The number of hydrogen-bond donors (Lipinski definition) is 1. The zero-order valence-electron chi connectivity index (χ0n) is 8.18. The highest BCUT2D eigenvalue weighted by Crippen LogP contribution is 2.25. The van der Waals surface area contributed by atoms with Gasteiger partial charge in [0.15, 0.2) is 0 Å². The molecule has 0 saturated heterocycles. The van der Waals surface area contributed by atoms with Gasteiger partial charge in [0.25, 0.3) is 0 Å². The summed E-state index contributed by atoms with van der Waals surface area (Å²) in [4.78, 5) is 0. The first-order chi connectivity index (χ1) is 6.29. The fourth-order valence-corrected chi connectivity index (χ4v) is 2.06. The molecule has 0 aliphatic carbocycles. The van der Waals surface area contributed by atoms with Gasteiger partial charge in [-0.3, -0.25) is 0 Å². The van der Waals surface area contributed by atoms with Crippen molar-refractivity contribution in [3.05, 3.63) is 34.3 Å². The monoisotopic (exact) mass is 241 g/mol. The second-order valence-electron chi connectivity index (χ2n) is 3.15. The zero-order chi connectivity index (χ0) is 9.68. The fourth-order valence-electron chi connectivity index (χ4n) is 1.50. The maximum absolute atomic E-state index is 3.57. The van der Waals surface area contributed by atoms with Gasteiger partial charge in [-0.1, -0.05) is 47.5 Å². The molecular weight excluding hydrogens is 226 g/mol. The lowest BCUT2D eigenvalue weighted by molar-refractivity contribution is 0.540. The van der Waals surface area contributed by atoms with Crippen molar-refractivity contribution in [2.24, 2.45) is 0 Å². The summed E-state index contributed by atoms with van der Waals surface area (Å²) in [6, 6.07) is 8.86. The third-order valence-electron chi connectivity index (χ3n) is 2.21. The Bertz CT molecular complexity index is 260. The number of rotatable bonds is 4. The standard InChI is InChI=1S/C11H16BrN/c1-3-6-11(13-2)9-7-4-5-8-10(9)12/h4-5,7-8,11,13H,3,6H2,1-2H3. The lowest BCUT2D eigenvalue weighted by Crippen LogP contribution is -2.16. The van der Waals surface area contributed by atoms with Crippen LogP contribution in [0.4, 0.5) is 0 Å². The van der Waals surface area contributed by atoms with E-state index in [1.165, 1.54) is 22.9 Å². The molecule has 1 atom stereocenters. The molecule has 1 aromatic rings. The molecule has 0 heterocycles. The van der Waals surface area contributed by atoms with Gasteiger partial charge < -0.3 is 5.32 Å². The van der Waals surface area contributed by atoms with Crippen molar-refractivity contribution in [2.75, 3.05) is 7.05 Å². The number of benzene rings is 1. The molecule has 0 aliphatic heterocycles. The quantitative estimate of drug-likeness (QED) is 0.851. The lowest BCUT2D eigenvalue weighted by Gasteiger charge is -2.16. The van der Waals surface area contributed by atoms with Crippen LogP contribution in [0.3, 0.4) is 0 Å². The highest BCUT2D eigenvalue weighted by atomic mass is 79.9. The summed E-state index contributed by atoms with van der Waals surface area (Å²) in [5, 5.41) is 3.33. The van der Waals surface area contributed by atoms with Crippen molar-refractivity contribution in [1.29, 1.82) is 0 Å². The molecule has 2 heteroatoms. The molecule has 1 aromatic carbocycles. The molecule has 1 N–H and O–H groups in total. The Morgan fingerprint density at radius 1 is 1.38 bits per heavy atom. The second kappa shape index (κ2) is 5.40. The van der Waals surface area contributed by atoms with Crippen LogP contribution in [-0.2, 0) is 0 Å². The smallest absolute Gasteiger partial charge is 0.0328 e. The average Bonchev–Trinajstić information content (AvgIpc) is 2.16. The minimum atomic E-state index is 0.473. The van der Waals surface area contributed by atoms with E-state index in [4.69, 9.17) is 0 Å². The van der Waals surface area contributed by atoms with Gasteiger partial charge in [0.2, 0.25) is 0 Å². The van der Waals surface area contributed by atoms with Crippen molar-refractivity contribution in [1.82, 2.24) is 5.32 Å². The topological polar surface area (TPSA) is 12.0 Å². The number of hydrogen-bond acceptors (Lipinski definition) is 1. The van der Waals surface area contributed by atoms with Crippen LogP contribution in [0, 0.1) is 0 Å². The predicted molar refractivity (Wildman–Crippen MR) is 60.9 cm³/mol. The Morgan fingerprint density at radius 3 is 2.62 bits per heavy atom. The van der Waals surface area contributed by atoms with Crippen molar-refractivity contribution < 1.29 is 0 Å². The molecule has 0 fully saturated rings. The SMILES string of the molecule is CCCC(NC)c1ccccc1Br. The summed E-state index contributed by atoms with van der Waals surface area (Å²) in [5.74, 6) is 0. The summed E-state index contributed by atoms with van der Waals surface area (Å²) < 4.78 is 1.20. The van der Waals surface area contributed by atoms with E-state index in [0.717, 1.165) is 0 Å². The van der Waals surface area contributed by atoms with E-state index in [0.29, 0.717) is 6.04 Å². The van der Waals surface area contributed by atoms with E-state index in [9.17, 15) is 0 Å². The molecule has 1 nitrogen and oxygen atoms in total. The van der Waals surface area contributed by atoms with E-state index >= 15 is 0 Å². The summed E-state index contributed by atoms with van der Waals surface area (Å²) in [6.07, 6.45) is 2.38. The van der Waals surface area contributed by atoms with Crippen LogP contribution in [0.2, 0.25) is 0 Å². The molecule has 0 amide bonds. The predicted octanol–water partition coefficient (Wildman–Crippen LogP) is 3.51. The molecule has 0 spiro atoms. The van der Waals surface area contributed by atoms with Gasteiger partial charge in [-0.2, -0.15) is 0 Å². The maximum atomic E-state index is 3.57. The first-order valence-electron chi connectivity index (χ1n) is 4.71. The van der Waals surface area contributed by atoms with Crippen LogP contribution in [0.5, 0.6) is 0 Å². The molecule has 0 aromatic heterocycles. The van der Waals surface area contributed by atoms with E-state index in [2.05, 4.69) is 46.4 Å². The molecule has 1 unspecified atom stereocenters. The number of nitrogens with one attached hydrogen (secondary N) is 1. The minimum absolute atomic E-state index is 0.473. The first-order valence-corrected chi connectivity index (χ1v) is 5.50. The molecule has 0 aliphatic rings. The van der Waals surface area contributed by atoms with Crippen LogP contribution in [0.25, 0.3) is 0 Å². The number of halogens is 1. The molecule has 72 valence electrons. The van der Waals surface area contributed by atoms with Crippen LogP contribution < -0.4 is 5.32 Å². The molecule has 0 radical (unpaired) electrons. The van der Waals surface area contributed by atoms with Crippen LogP contribution in [-0.4, -0.2) is 7.05 Å². The Balaban J connectivity index is 2.84. The maximum Gasteiger partial charge on any atom is 0.0328 e. The summed E-state index contributed by atoms with van der Waals surface area (Å²) in [6.45, 7) is 2.21. The Kier molecular flexibility index (Phi) is 4.46. The Morgan fingerprint density at radius 2 is 2.08 bits per heavy atom. The largest absolute Gasteiger partial charge is 0.313 e. The van der Waals surface area contributed by atoms with Gasteiger partial charge in [0, 0.05) is 10.5 Å². The third kappa shape index (κ3) is 2.82. The van der Waals surface area contributed by atoms with Crippen molar-refractivity contribution >= 4 is 15.9 Å². The second-order valence-corrected chi connectivity index (χ2v) is 4.01. The first kappa shape index (κ1) is 10.7. The van der Waals surface area contributed by atoms with E-state index < -0.39 is 0 Å². The van der Waals surface area contributed by atoms with Crippen molar-refractivity contribution in [3.63, 3.8) is 0 Å². The highest BCUT2D eigenvalue weighted by Gasteiger charge is 2.09. The minimum Gasteiger partial charge on any atom is -0.313 e. The molecule has 1 rings (SSSR count). The van der Waals surface area contributed by atoms with Crippen molar-refractivity contribution in [2.45, 2.75) is 25.8 Å². The summed E-state index contributed by atoms with van der Waals surface area (Å²) in [7, 11) is 2.01. The molecular formula is C11H16BrN.